The minimum absolute atomic E-state index is 0.0985. The molecule has 0 radical (unpaired) electrons. The third kappa shape index (κ3) is 2.47. The molecule has 0 fully saturated rings. The normalized spacial score (nSPS) is 16.7. The van der Waals surface area contributed by atoms with Gasteiger partial charge in [-0.05, 0) is 23.6 Å². The largest absolute Gasteiger partial charge is 0.325 e. The van der Waals surface area contributed by atoms with E-state index >= 15 is 0 Å². The van der Waals surface area contributed by atoms with Gasteiger partial charge in [0, 0.05) is 28.2 Å². The van der Waals surface area contributed by atoms with E-state index in [-0.39, 0.29) is 11.8 Å². The molecule has 3 heteroatoms. The van der Waals surface area contributed by atoms with Gasteiger partial charge in [-0.25, -0.2) is 0 Å². The Kier molecular flexibility index (Phi) is 3.50. The molecule has 2 aromatic carbocycles. The quantitative estimate of drug-likeness (QED) is 0.691. The second-order valence-corrected chi connectivity index (χ2v) is 6.83. The number of amides is 1. The van der Waals surface area contributed by atoms with Gasteiger partial charge in [-0.3, -0.25) is 4.79 Å². The second-order valence-electron chi connectivity index (χ2n) is 5.92. The average Bonchev–Trinajstić information content (AvgIpc) is 2.99. The summed E-state index contributed by atoms with van der Waals surface area (Å²) >= 11 is 1.75. The van der Waals surface area contributed by atoms with Crippen molar-refractivity contribution in [3.63, 3.8) is 0 Å². The van der Waals surface area contributed by atoms with E-state index in [9.17, 15) is 4.79 Å². The zero-order valence-corrected chi connectivity index (χ0v) is 13.7. The number of hydrogen-bond donors (Lipinski definition) is 1. The number of benzene rings is 2. The molecular weight excluding hydrogens is 302 g/mol. The highest BCUT2D eigenvalue weighted by Crippen LogP contribution is 2.46. The number of fused-ring (bicyclic) bond motifs is 1. The number of hydrogen-bond acceptors (Lipinski definition) is 2. The van der Waals surface area contributed by atoms with Gasteiger partial charge in [-0.1, -0.05) is 54.6 Å². The Morgan fingerprint density at radius 2 is 1.78 bits per heavy atom. The van der Waals surface area contributed by atoms with E-state index in [1.54, 1.807) is 11.3 Å². The first kappa shape index (κ1) is 14.2. The summed E-state index contributed by atoms with van der Waals surface area (Å²) in [6, 6.07) is 18.6. The summed E-state index contributed by atoms with van der Waals surface area (Å²) in [5, 5.41) is 5.26. The van der Waals surface area contributed by atoms with Crippen LogP contribution in [-0.2, 0) is 4.79 Å². The Morgan fingerprint density at radius 1 is 1.04 bits per heavy atom. The van der Waals surface area contributed by atoms with Crippen molar-refractivity contribution in [1.29, 1.82) is 0 Å². The molecule has 0 unspecified atom stereocenters. The van der Waals surface area contributed by atoms with Crippen molar-refractivity contribution < 1.29 is 4.79 Å². The first-order valence-corrected chi connectivity index (χ1v) is 8.64. The predicted octanol–water partition coefficient (Wildman–Crippen LogP) is 5.20. The topological polar surface area (TPSA) is 29.1 Å². The monoisotopic (exact) mass is 319 g/mol. The van der Waals surface area contributed by atoms with Crippen molar-refractivity contribution in [1.82, 2.24) is 0 Å². The molecule has 0 saturated carbocycles. The van der Waals surface area contributed by atoms with E-state index in [1.807, 2.05) is 24.3 Å². The van der Waals surface area contributed by atoms with Crippen molar-refractivity contribution in [2.24, 2.45) is 0 Å². The van der Waals surface area contributed by atoms with Crippen LogP contribution in [0.3, 0.4) is 0 Å². The Bertz CT molecular complexity index is 866. The molecule has 114 valence electrons. The average molecular weight is 319 g/mol. The Balaban J connectivity index is 1.85. The number of aryl methyl sites for hydroxylation is 1. The van der Waals surface area contributed by atoms with Gasteiger partial charge in [-0.2, -0.15) is 0 Å². The summed E-state index contributed by atoms with van der Waals surface area (Å²) in [6.07, 6.45) is 0.520. The second kappa shape index (κ2) is 5.67. The van der Waals surface area contributed by atoms with Crippen molar-refractivity contribution >= 4 is 22.9 Å². The zero-order valence-electron chi connectivity index (χ0n) is 12.9. The van der Waals surface area contributed by atoms with Gasteiger partial charge in [0.05, 0.1) is 5.69 Å². The Hall–Kier alpha value is -2.39. The van der Waals surface area contributed by atoms with Gasteiger partial charge in [-0.15, -0.1) is 11.3 Å². The van der Waals surface area contributed by atoms with Crippen LogP contribution >= 0.6 is 11.3 Å². The fourth-order valence-electron chi connectivity index (χ4n) is 3.29. The first-order chi connectivity index (χ1) is 11.2. The van der Waals surface area contributed by atoms with Gasteiger partial charge < -0.3 is 5.32 Å². The Morgan fingerprint density at radius 3 is 2.57 bits per heavy atom. The molecular formula is C20H17NOS. The first-order valence-electron chi connectivity index (χ1n) is 7.76. The van der Waals surface area contributed by atoms with Crippen molar-refractivity contribution in [2.75, 3.05) is 5.32 Å². The van der Waals surface area contributed by atoms with Crippen LogP contribution < -0.4 is 5.32 Å². The molecule has 4 rings (SSSR count). The summed E-state index contributed by atoms with van der Waals surface area (Å²) < 4.78 is 0. The van der Waals surface area contributed by atoms with Gasteiger partial charge >= 0.3 is 0 Å². The van der Waals surface area contributed by atoms with Crippen LogP contribution in [0.5, 0.6) is 0 Å². The molecule has 1 aliphatic heterocycles. The predicted molar refractivity (Wildman–Crippen MR) is 96.0 cm³/mol. The van der Waals surface area contributed by atoms with Crippen LogP contribution in [-0.4, -0.2) is 5.91 Å². The van der Waals surface area contributed by atoms with Gasteiger partial charge in [0.1, 0.15) is 0 Å². The highest BCUT2D eigenvalue weighted by molar-refractivity contribution is 7.11. The lowest BCUT2D eigenvalue weighted by atomic mass is 9.87. The number of thiophene rings is 1. The van der Waals surface area contributed by atoms with Crippen molar-refractivity contribution in [3.05, 3.63) is 76.0 Å². The SMILES string of the molecule is Cc1ccccc1[C@H]1CC(=O)Nc2c(-c3ccccc3)csc21. The minimum atomic E-state index is 0.0985. The summed E-state index contributed by atoms with van der Waals surface area (Å²) in [6.45, 7) is 2.12. The molecule has 2 heterocycles. The highest BCUT2D eigenvalue weighted by Gasteiger charge is 2.30. The molecule has 1 N–H and O–H groups in total. The number of nitrogens with one attached hydrogen (secondary N) is 1. The number of carbonyl (C=O) groups is 1. The lowest BCUT2D eigenvalue weighted by Crippen LogP contribution is -2.22. The molecule has 0 saturated heterocycles. The van der Waals surface area contributed by atoms with E-state index in [4.69, 9.17) is 0 Å². The van der Waals surface area contributed by atoms with E-state index in [2.05, 4.69) is 48.0 Å². The fourth-order valence-corrected chi connectivity index (χ4v) is 4.44. The van der Waals surface area contributed by atoms with Gasteiger partial charge in [0.15, 0.2) is 0 Å². The van der Waals surface area contributed by atoms with E-state index in [0.29, 0.717) is 6.42 Å². The molecule has 0 spiro atoms. The maximum absolute atomic E-state index is 12.3. The van der Waals surface area contributed by atoms with E-state index in [1.165, 1.54) is 16.0 Å². The minimum Gasteiger partial charge on any atom is -0.325 e. The third-order valence-corrected chi connectivity index (χ3v) is 5.53. The number of rotatable bonds is 2. The van der Waals surface area contributed by atoms with E-state index < -0.39 is 0 Å². The van der Waals surface area contributed by atoms with Crippen LogP contribution in [0.15, 0.2) is 60.0 Å². The molecule has 2 nitrogen and oxygen atoms in total. The summed E-state index contributed by atoms with van der Waals surface area (Å²) in [4.78, 5) is 13.6. The maximum atomic E-state index is 12.3. The third-order valence-electron chi connectivity index (χ3n) is 4.44. The van der Waals surface area contributed by atoms with Crippen LogP contribution in [0.2, 0.25) is 0 Å². The van der Waals surface area contributed by atoms with Gasteiger partial charge in [0.2, 0.25) is 5.91 Å². The lowest BCUT2D eigenvalue weighted by Gasteiger charge is -2.25. The number of anilines is 1. The molecule has 1 aromatic heterocycles. The van der Waals surface area contributed by atoms with Gasteiger partial charge in [0.25, 0.3) is 0 Å². The van der Waals surface area contributed by atoms with Crippen molar-refractivity contribution in [3.8, 4) is 11.1 Å². The summed E-state index contributed by atoms with van der Waals surface area (Å²) in [7, 11) is 0. The zero-order chi connectivity index (χ0) is 15.8. The molecule has 3 aromatic rings. The van der Waals surface area contributed by atoms with Crippen LogP contribution in [0.25, 0.3) is 11.1 Å². The lowest BCUT2D eigenvalue weighted by molar-refractivity contribution is -0.116. The molecule has 1 amide bonds. The molecule has 1 atom stereocenters. The standard InChI is InChI=1S/C20H17NOS/c1-13-7-5-6-10-15(13)16-11-18(22)21-19-17(12-23-20(16)19)14-8-3-2-4-9-14/h2-10,12,16H,11H2,1H3,(H,21,22)/t16-/m1/s1. The molecule has 0 aliphatic carbocycles. The van der Waals surface area contributed by atoms with Crippen LogP contribution in [0.1, 0.15) is 28.3 Å². The fraction of sp³-hybridized carbons (Fsp3) is 0.150. The smallest absolute Gasteiger partial charge is 0.225 e. The summed E-state index contributed by atoms with van der Waals surface area (Å²) in [5.41, 5.74) is 5.76. The number of carbonyl (C=O) groups excluding carboxylic acids is 1. The highest BCUT2D eigenvalue weighted by atomic mass is 32.1. The van der Waals surface area contributed by atoms with Crippen molar-refractivity contribution in [2.45, 2.75) is 19.3 Å². The van der Waals surface area contributed by atoms with E-state index in [0.717, 1.165) is 16.8 Å². The Labute approximate surface area is 139 Å². The maximum Gasteiger partial charge on any atom is 0.225 e. The molecule has 23 heavy (non-hydrogen) atoms. The molecule has 0 bridgehead atoms. The van der Waals surface area contributed by atoms with Crippen LogP contribution in [0.4, 0.5) is 5.69 Å². The van der Waals surface area contributed by atoms with Crippen LogP contribution in [0, 0.1) is 6.92 Å². The molecule has 1 aliphatic rings. The summed E-state index contributed by atoms with van der Waals surface area (Å²) in [5.74, 6) is 0.253.